The first-order valence-corrected chi connectivity index (χ1v) is 7.33. The van der Waals surface area contributed by atoms with Crippen molar-refractivity contribution in [1.29, 1.82) is 0 Å². The fourth-order valence-electron chi connectivity index (χ4n) is 1.86. The van der Waals surface area contributed by atoms with Gasteiger partial charge in [0, 0.05) is 10.1 Å². The highest BCUT2D eigenvalue weighted by Gasteiger charge is 2.08. The number of benzene rings is 2. The van der Waals surface area contributed by atoms with Gasteiger partial charge in [0.15, 0.2) is 0 Å². The van der Waals surface area contributed by atoms with Gasteiger partial charge in [-0.2, -0.15) is 0 Å². The van der Waals surface area contributed by atoms with Crippen molar-refractivity contribution in [1.82, 2.24) is 5.32 Å². The first-order chi connectivity index (χ1) is 9.16. The molecule has 0 aliphatic carbocycles. The first kappa shape index (κ1) is 14.1. The number of hydrogen-bond acceptors (Lipinski definition) is 1. The quantitative estimate of drug-likeness (QED) is 0.825. The Bertz CT molecular complexity index is 566. The van der Waals surface area contributed by atoms with Gasteiger partial charge in [-0.3, -0.25) is 4.79 Å². The van der Waals surface area contributed by atoms with Crippen LogP contribution in [0.15, 0.2) is 48.5 Å². The Morgan fingerprint density at radius 3 is 2.58 bits per heavy atom. The summed E-state index contributed by atoms with van der Waals surface area (Å²) in [5, 5.41) is 2.96. The topological polar surface area (TPSA) is 29.1 Å². The average Bonchev–Trinajstić information content (AvgIpc) is 2.39. The summed E-state index contributed by atoms with van der Waals surface area (Å²) >= 11 is 2.20. The van der Waals surface area contributed by atoms with Crippen LogP contribution in [-0.4, -0.2) is 12.5 Å². The minimum absolute atomic E-state index is 0.000307. The Balaban J connectivity index is 1.91. The van der Waals surface area contributed by atoms with E-state index in [1.807, 2.05) is 43.3 Å². The number of carbonyl (C=O) groups excluding carboxylic acids is 1. The van der Waals surface area contributed by atoms with E-state index in [1.165, 1.54) is 11.1 Å². The van der Waals surface area contributed by atoms with Gasteiger partial charge < -0.3 is 5.32 Å². The maximum Gasteiger partial charge on any atom is 0.252 e. The molecule has 0 aliphatic rings. The van der Waals surface area contributed by atoms with Gasteiger partial charge in [-0.15, -0.1) is 0 Å². The molecule has 98 valence electrons. The molecule has 0 aromatic heterocycles. The molecule has 0 aliphatic heterocycles. The van der Waals surface area contributed by atoms with Gasteiger partial charge in [-0.1, -0.05) is 42.0 Å². The van der Waals surface area contributed by atoms with Crippen molar-refractivity contribution in [2.45, 2.75) is 13.3 Å². The summed E-state index contributed by atoms with van der Waals surface area (Å²) in [6, 6.07) is 16.0. The largest absolute Gasteiger partial charge is 0.352 e. The van der Waals surface area contributed by atoms with Crippen molar-refractivity contribution in [2.75, 3.05) is 6.54 Å². The zero-order chi connectivity index (χ0) is 13.7. The minimum Gasteiger partial charge on any atom is -0.352 e. The van der Waals surface area contributed by atoms with Crippen molar-refractivity contribution in [3.63, 3.8) is 0 Å². The van der Waals surface area contributed by atoms with Crippen LogP contribution in [0.3, 0.4) is 0 Å². The van der Waals surface area contributed by atoms with Gasteiger partial charge in [0.2, 0.25) is 0 Å². The van der Waals surface area contributed by atoms with Crippen LogP contribution < -0.4 is 5.32 Å². The van der Waals surface area contributed by atoms with Crippen molar-refractivity contribution in [3.8, 4) is 0 Å². The second-order valence-electron chi connectivity index (χ2n) is 4.47. The Hall–Kier alpha value is -1.36. The lowest BCUT2D eigenvalue weighted by Crippen LogP contribution is -2.26. The van der Waals surface area contributed by atoms with Crippen LogP contribution in [0.4, 0.5) is 0 Å². The lowest BCUT2D eigenvalue weighted by molar-refractivity contribution is 0.0953. The predicted molar refractivity (Wildman–Crippen MR) is 86.4 cm³/mol. The van der Waals surface area contributed by atoms with Gasteiger partial charge in [0.1, 0.15) is 0 Å². The molecule has 2 aromatic rings. The maximum atomic E-state index is 12.1. The second-order valence-corrected chi connectivity index (χ2v) is 5.64. The molecule has 2 aromatic carbocycles. The molecular formula is C16H16INO. The molecule has 0 atom stereocenters. The SMILES string of the molecule is Cc1ccc(C(=O)NCCc2ccccc2)c(I)c1. The van der Waals surface area contributed by atoms with Crippen LogP contribution in [0, 0.1) is 10.5 Å². The molecule has 1 amide bonds. The third kappa shape index (κ3) is 4.06. The lowest BCUT2D eigenvalue weighted by Gasteiger charge is -2.07. The molecule has 2 rings (SSSR count). The molecule has 1 N–H and O–H groups in total. The Morgan fingerprint density at radius 1 is 1.16 bits per heavy atom. The normalized spacial score (nSPS) is 10.2. The summed E-state index contributed by atoms with van der Waals surface area (Å²) in [6.45, 7) is 2.69. The van der Waals surface area contributed by atoms with E-state index in [0.29, 0.717) is 6.54 Å². The molecule has 0 radical (unpaired) electrons. The number of carbonyl (C=O) groups is 1. The number of nitrogens with one attached hydrogen (secondary N) is 1. The molecule has 2 nitrogen and oxygen atoms in total. The van der Waals surface area contributed by atoms with E-state index in [4.69, 9.17) is 0 Å². The average molecular weight is 365 g/mol. The minimum atomic E-state index is 0.000307. The summed E-state index contributed by atoms with van der Waals surface area (Å²) in [7, 11) is 0. The fraction of sp³-hybridized carbons (Fsp3) is 0.188. The van der Waals surface area contributed by atoms with E-state index in [1.54, 1.807) is 0 Å². The van der Waals surface area contributed by atoms with Crippen LogP contribution in [0.25, 0.3) is 0 Å². The first-order valence-electron chi connectivity index (χ1n) is 6.25. The van der Waals surface area contributed by atoms with Crippen LogP contribution in [0.1, 0.15) is 21.5 Å². The van der Waals surface area contributed by atoms with Crippen molar-refractivity contribution >= 4 is 28.5 Å². The molecule has 0 bridgehead atoms. The third-order valence-electron chi connectivity index (χ3n) is 2.91. The lowest BCUT2D eigenvalue weighted by atomic mass is 10.1. The molecule has 19 heavy (non-hydrogen) atoms. The standard InChI is InChI=1S/C16H16INO/c1-12-7-8-14(15(17)11-12)16(19)18-10-9-13-5-3-2-4-6-13/h2-8,11H,9-10H2,1H3,(H,18,19). The van der Waals surface area contributed by atoms with Gasteiger partial charge in [-0.05, 0) is 53.6 Å². The van der Waals surface area contributed by atoms with Gasteiger partial charge in [-0.25, -0.2) is 0 Å². The summed E-state index contributed by atoms with van der Waals surface area (Å²) < 4.78 is 0.995. The molecule has 3 heteroatoms. The predicted octanol–water partition coefficient (Wildman–Crippen LogP) is 3.57. The zero-order valence-electron chi connectivity index (χ0n) is 10.8. The van der Waals surface area contributed by atoms with E-state index in [0.717, 1.165) is 15.6 Å². The van der Waals surface area contributed by atoms with Crippen molar-refractivity contribution in [3.05, 3.63) is 68.8 Å². The van der Waals surface area contributed by atoms with E-state index < -0.39 is 0 Å². The molecular weight excluding hydrogens is 349 g/mol. The molecule has 0 saturated carbocycles. The summed E-state index contributed by atoms with van der Waals surface area (Å²) in [5.41, 5.74) is 3.16. The molecule has 0 unspecified atom stereocenters. The maximum absolute atomic E-state index is 12.1. The molecule has 0 heterocycles. The number of halogens is 1. The Labute approximate surface area is 127 Å². The van der Waals surface area contributed by atoms with E-state index in [9.17, 15) is 4.79 Å². The van der Waals surface area contributed by atoms with Crippen LogP contribution in [0.5, 0.6) is 0 Å². The van der Waals surface area contributed by atoms with Crippen LogP contribution in [-0.2, 0) is 6.42 Å². The summed E-state index contributed by atoms with van der Waals surface area (Å²) in [6.07, 6.45) is 0.856. The number of hydrogen-bond donors (Lipinski definition) is 1. The Kier molecular flexibility index (Phi) is 4.96. The van der Waals surface area contributed by atoms with E-state index in [2.05, 4.69) is 40.0 Å². The second kappa shape index (κ2) is 6.70. The zero-order valence-corrected chi connectivity index (χ0v) is 13.0. The van der Waals surface area contributed by atoms with Gasteiger partial charge in [0.25, 0.3) is 5.91 Å². The highest BCUT2D eigenvalue weighted by molar-refractivity contribution is 14.1. The monoisotopic (exact) mass is 365 g/mol. The van der Waals surface area contributed by atoms with Gasteiger partial charge >= 0.3 is 0 Å². The number of aryl methyl sites for hydroxylation is 1. The van der Waals surface area contributed by atoms with Crippen LogP contribution in [0.2, 0.25) is 0 Å². The Morgan fingerprint density at radius 2 is 1.89 bits per heavy atom. The highest BCUT2D eigenvalue weighted by atomic mass is 127. The molecule has 0 saturated heterocycles. The van der Waals surface area contributed by atoms with E-state index >= 15 is 0 Å². The number of rotatable bonds is 4. The highest BCUT2D eigenvalue weighted by Crippen LogP contribution is 2.14. The van der Waals surface area contributed by atoms with E-state index in [-0.39, 0.29) is 5.91 Å². The summed E-state index contributed by atoms with van der Waals surface area (Å²) in [5.74, 6) is 0.000307. The van der Waals surface area contributed by atoms with Crippen molar-refractivity contribution in [2.24, 2.45) is 0 Å². The van der Waals surface area contributed by atoms with Crippen molar-refractivity contribution < 1.29 is 4.79 Å². The third-order valence-corrected chi connectivity index (χ3v) is 3.80. The summed E-state index contributed by atoms with van der Waals surface area (Å²) in [4.78, 5) is 12.1. The van der Waals surface area contributed by atoms with Crippen LogP contribution >= 0.6 is 22.6 Å². The molecule has 0 spiro atoms. The smallest absolute Gasteiger partial charge is 0.252 e. The van der Waals surface area contributed by atoms with Gasteiger partial charge in [0.05, 0.1) is 5.56 Å². The molecule has 0 fully saturated rings. The fourth-order valence-corrected chi connectivity index (χ4v) is 2.78. The number of amides is 1.